The molecule has 1 atom stereocenters. The number of benzene rings is 1. The second-order valence-corrected chi connectivity index (χ2v) is 9.50. The standard InChI is InChI=1S/C27H41F/c1-3-5-7-21-10-15-24(16-11-21)25-17-12-22(13-18-25)8-9-23-14-19-26(6-4-2)27(28)20-23/h12,14,19-21,24-25H,3-11,13,15-18H2,1-2H3. The number of hydrogen-bond donors (Lipinski definition) is 0. The van der Waals surface area contributed by atoms with Crippen LogP contribution in [-0.4, -0.2) is 0 Å². The molecule has 0 saturated heterocycles. The zero-order chi connectivity index (χ0) is 19.8. The molecule has 1 unspecified atom stereocenters. The van der Waals surface area contributed by atoms with Gasteiger partial charge in [0.1, 0.15) is 5.82 Å². The molecule has 1 fully saturated rings. The summed E-state index contributed by atoms with van der Waals surface area (Å²) in [6.45, 7) is 4.42. The minimum absolute atomic E-state index is 0.00780. The van der Waals surface area contributed by atoms with Gasteiger partial charge in [0.2, 0.25) is 0 Å². The highest BCUT2D eigenvalue weighted by Gasteiger charge is 2.28. The number of hydrogen-bond acceptors (Lipinski definition) is 0. The van der Waals surface area contributed by atoms with E-state index >= 15 is 0 Å². The quantitative estimate of drug-likeness (QED) is 0.375. The smallest absolute Gasteiger partial charge is 0.126 e. The largest absolute Gasteiger partial charge is 0.207 e. The average molecular weight is 385 g/mol. The number of halogens is 1. The van der Waals surface area contributed by atoms with E-state index in [1.54, 1.807) is 11.6 Å². The van der Waals surface area contributed by atoms with Crippen molar-refractivity contribution in [3.05, 3.63) is 46.8 Å². The van der Waals surface area contributed by atoms with Crippen molar-refractivity contribution >= 4 is 0 Å². The second kappa shape index (κ2) is 11.2. The van der Waals surface area contributed by atoms with Crippen LogP contribution in [0.5, 0.6) is 0 Å². The molecule has 0 N–H and O–H groups in total. The molecule has 0 nitrogen and oxygen atoms in total. The Hall–Kier alpha value is -1.11. The SMILES string of the molecule is CCCCC1CCC(C2CC=C(CCc3ccc(CCC)c(F)c3)CC2)CC1. The Morgan fingerprint density at radius 1 is 0.893 bits per heavy atom. The van der Waals surface area contributed by atoms with E-state index in [0.29, 0.717) is 0 Å². The Morgan fingerprint density at radius 2 is 1.71 bits per heavy atom. The summed E-state index contributed by atoms with van der Waals surface area (Å²) in [4.78, 5) is 0. The summed E-state index contributed by atoms with van der Waals surface area (Å²) in [5.41, 5.74) is 3.65. The van der Waals surface area contributed by atoms with Crippen molar-refractivity contribution in [1.82, 2.24) is 0 Å². The summed E-state index contributed by atoms with van der Waals surface area (Å²) < 4.78 is 14.1. The number of allylic oxidation sites excluding steroid dienone is 2. The fourth-order valence-corrected chi connectivity index (χ4v) is 5.53. The lowest BCUT2D eigenvalue weighted by Crippen LogP contribution is -2.23. The number of rotatable bonds is 9. The van der Waals surface area contributed by atoms with Crippen LogP contribution in [0, 0.1) is 23.6 Å². The predicted molar refractivity (Wildman–Crippen MR) is 119 cm³/mol. The van der Waals surface area contributed by atoms with Crippen molar-refractivity contribution in [2.24, 2.45) is 17.8 Å². The van der Waals surface area contributed by atoms with Crippen LogP contribution < -0.4 is 0 Å². The van der Waals surface area contributed by atoms with Gasteiger partial charge in [0.25, 0.3) is 0 Å². The van der Waals surface area contributed by atoms with E-state index in [0.717, 1.165) is 54.6 Å². The summed E-state index contributed by atoms with van der Waals surface area (Å²) in [6, 6.07) is 5.90. The number of aryl methyl sites for hydroxylation is 2. The monoisotopic (exact) mass is 384 g/mol. The molecule has 0 bridgehead atoms. The van der Waals surface area contributed by atoms with Gasteiger partial charge in [-0.3, -0.25) is 0 Å². The fourth-order valence-electron chi connectivity index (χ4n) is 5.53. The van der Waals surface area contributed by atoms with Crippen LogP contribution in [0.3, 0.4) is 0 Å². The van der Waals surface area contributed by atoms with Gasteiger partial charge in [-0.2, -0.15) is 0 Å². The van der Waals surface area contributed by atoms with Gasteiger partial charge in [-0.25, -0.2) is 4.39 Å². The Balaban J connectivity index is 1.41. The number of unbranched alkanes of at least 4 members (excludes halogenated alkanes) is 1. The first-order chi connectivity index (χ1) is 13.7. The Morgan fingerprint density at radius 3 is 2.36 bits per heavy atom. The van der Waals surface area contributed by atoms with Crippen LogP contribution in [-0.2, 0) is 12.8 Å². The van der Waals surface area contributed by atoms with E-state index in [9.17, 15) is 4.39 Å². The first-order valence-electron chi connectivity index (χ1n) is 12.1. The zero-order valence-electron chi connectivity index (χ0n) is 18.3. The van der Waals surface area contributed by atoms with Gasteiger partial charge in [-0.15, -0.1) is 0 Å². The van der Waals surface area contributed by atoms with Crippen LogP contribution in [0.15, 0.2) is 29.8 Å². The van der Waals surface area contributed by atoms with Crippen molar-refractivity contribution in [3.63, 3.8) is 0 Å². The molecule has 0 radical (unpaired) electrons. The normalized spacial score (nSPS) is 25.5. The summed E-state index contributed by atoms with van der Waals surface area (Å²) in [6.07, 6.45) is 20.6. The fraction of sp³-hybridized carbons (Fsp3) is 0.704. The molecule has 2 aliphatic rings. The molecule has 28 heavy (non-hydrogen) atoms. The third-order valence-corrected chi connectivity index (χ3v) is 7.44. The molecule has 1 heteroatoms. The van der Waals surface area contributed by atoms with E-state index < -0.39 is 0 Å². The zero-order valence-corrected chi connectivity index (χ0v) is 18.3. The molecule has 0 heterocycles. The van der Waals surface area contributed by atoms with Crippen LogP contribution >= 0.6 is 0 Å². The van der Waals surface area contributed by atoms with Crippen molar-refractivity contribution in [2.75, 3.05) is 0 Å². The van der Waals surface area contributed by atoms with Gasteiger partial charge in [0.05, 0.1) is 0 Å². The third kappa shape index (κ3) is 6.19. The van der Waals surface area contributed by atoms with E-state index in [1.165, 1.54) is 64.2 Å². The van der Waals surface area contributed by atoms with Crippen LogP contribution in [0.2, 0.25) is 0 Å². The maximum atomic E-state index is 14.1. The minimum atomic E-state index is -0.00780. The molecule has 0 aromatic heterocycles. The lowest BCUT2D eigenvalue weighted by molar-refractivity contribution is 0.185. The van der Waals surface area contributed by atoms with Gasteiger partial charge in [0, 0.05) is 0 Å². The highest BCUT2D eigenvalue weighted by molar-refractivity contribution is 5.25. The lowest BCUT2D eigenvalue weighted by Gasteiger charge is -2.35. The van der Waals surface area contributed by atoms with Gasteiger partial charge >= 0.3 is 0 Å². The van der Waals surface area contributed by atoms with Gasteiger partial charge in [-0.05, 0) is 86.3 Å². The third-order valence-electron chi connectivity index (χ3n) is 7.44. The summed E-state index contributed by atoms with van der Waals surface area (Å²) in [5, 5.41) is 0. The summed E-state index contributed by atoms with van der Waals surface area (Å²) in [7, 11) is 0. The first kappa shape index (κ1) is 21.6. The Bertz CT molecular complexity index is 621. The van der Waals surface area contributed by atoms with Crippen LogP contribution in [0.4, 0.5) is 4.39 Å². The van der Waals surface area contributed by atoms with Crippen LogP contribution in [0.25, 0.3) is 0 Å². The van der Waals surface area contributed by atoms with E-state index in [1.807, 2.05) is 6.07 Å². The molecule has 0 aliphatic heterocycles. The molecule has 0 spiro atoms. The summed E-state index contributed by atoms with van der Waals surface area (Å²) in [5.74, 6) is 2.93. The van der Waals surface area contributed by atoms with E-state index in [-0.39, 0.29) is 5.82 Å². The molecule has 2 aliphatic carbocycles. The first-order valence-corrected chi connectivity index (χ1v) is 12.1. The maximum absolute atomic E-state index is 14.1. The molecular formula is C27H41F. The minimum Gasteiger partial charge on any atom is -0.207 e. The molecule has 0 amide bonds. The molecule has 1 saturated carbocycles. The average Bonchev–Trinajstić information content (AvgIpc) is 2.73. The van der Waals surface area contributed by atoms with Gasteiger partial charge < -0.3 is 0 Å². The molecular weight excluding hydrogens is 343 g/mol. The highest BCUT2D eigenvalue weighted by atomic mass is 19.1. The van der Waals surface area contributed by atoms with Gasteiger partial charge in [-0.1, -0.05) is 76.2 Å². The van der Waals surface area contributed by atoms with Crippen molar-refractivity contribution in [3.8, 4) is 0 Å². The maximum Gasteiger partial charge on any atom is 0.126 e. The van der Waals surface area contributed by atoms with Crippen molar-refractivity contribution in [2.45, 2.75) is 104 Å². The summed E-state index contributed by atoms with van der Waals surface area (Å²) >= 11 is 0. The van der Waals surface area contributed by atoms with E-state index in [4.69, 9.17) is 0 Å². The molecule has 3 rings (SSSR count). The van der Waals surface area contributed by atoms with E-state index in [2.05, 4.69) is 26.0 Å². The Kier molecular flexibility index (Phi) is 8.62. The molecule has 1 aromatic rings. The van der Waals surface area contributed by atoms with Crippen molar-refractivity contribution in [1.29, 1.82) is 0 Å². The molecule has 156 valence electrons. The predicted octanol–water partition coefficient (Wildman–Crippen LogP) is 8.43. The van der Waals surface area contributed by atoms with Gasteiger partial charge in [0.15, 0.2) is 0 Å². The highest BCUT2D eigenvalue weighted by Crippen LogP contribution is 2.41. The van der Waals surface area contributed by atoms with Crippen molar-refractivity contribution < 1.29 is 4.39 Å². The second-order valence-electron chi connectivity index (χ2n) is 9.50. The molecule has 1 aromatic carbocycles. The van der Waals surface area contributed by atoms with Crippen LogP contribution in [0.1, 0.15) is 102 Å². The topological polar surface area (TPSA) is 0 Å². The lowest BCUT2D eigenvalue weighted by atomic mass is 9.70. The Labute approximate surface area is 173 Å².